The Bertz CT molecular complexity index is 1170. The number of carboxylic acid groups (broad SMARTS) is 1. The molecule has 5 rings (SSSR count). The zero-order valence-corrected chi connectivity index (χ0v) is 18.0. The predicted molar refractivity (Wildman–Crippen MR) is 118 cm³/mol. The van der Waals surface area contributed by atoms with Crippen LogP contribution >= 0.6 is 0 Å². The molecule has 0 aliphatic carbocycles. The van der Waals surface area contributed by atoms with E-state index in [0.717, 1.165) is 25.1 Å². The van der Waals surface area contributed by atoms with Crippen molar-refractivity contribution in [3.05, 3.63) is 18.2 Å². The lowest BCUT2D eigenvalue weighted by Crippen LogP contribution is -2.38. The summed E-state index contributed by atoms with van der Waals surface area (Å²) in [6.45, 7) is 2.56. The van der Waals surface area contributed by atoms with E-state index < -0.39 is 6.09 Å². The molecule has 1 aromatic carbocycles. The van der Waals surface area contributed by atoms with Crippen LogP contribution in [0.1, 0.15) is 18.9 Å². The van der Waals surface area contributed by atoms with Crippen LogP contribution in [0.15, 0.2) is 18.2 Å². The zero-order valence-electron chi connectivity index (χ0n) is 18.0. The first kappa shape index (κ1) is 20.2. The summed E-state index contributed by atoms with van der Waals surface area (Å²) in [5.74, 6) is 2.16. The number of anilines is 2. The number of hydrogen-bond acceptors (Lipinski definition) is 8. The van der Waals surface area contributed by atoms with Crippen LogP contribution in [0.3, 0.4) is 0 Å². The lowest BCUT2D eigenvalue weighted by molar-refractivity contribution is 0.154. The molecule has 32 heavy (non-hydrogen) atoms. The maximum absolute atomic E-state index is 11.5. The monoisotopic (exact) mass is 439 g/mol. The van der Waals surface area contributed by atoms with Crippen LogP contribution in [-0.4, -0.2) is 76.2 Å². The number of benzene rings is 1. The molecular formula is C21H25N7O4. The summed E-state index contributed by atoms with van der Waals surface area (Å²) in [6, 6.07) is 5.35. The van der Waals surface area contributed by atoms with Crippen molar-refractivity contribution in [2.45, 2.75) is 18.9 Å². The minimum absolute atomic E-state index is 0.145. The molecule has 2 fully saturated rings. The number of carbonyl (C=O) groups is 1. The third kappa shape index (κ3) is 3.29. The molecule has 0 radical (unpaired) electrons. The highest BCUT2D eigenvalue weighted by Gasteiger charge is 2.32. The Balaban J connectivity index is 1.69. The first-order valence-electron chi connectivity index (χ1n) is 10.5. The topological polar surface area (TPSA) is 132 Å². The van der Waals surface area contributed by atoms with E-state index in [4.69, 9.17) is 25.3 Å². The molecule has 2 aliphatic heterocycles. The minimum atomic E-state index is -0.933. The summed E-state index contributed by atoms with van der Waals surface area (Å²) in [4.78, 5) is 24.3. The Morgan fingerprint density at radius 2 is 1.84 bits per heavy atom. The van der Waals surface area contributed by atoms with Gasteiger partial charge in [0, 0.05) is 37.8 Å². The maximum atomic E-state index is 11.5. The molecule has 1 atom stereocenters. The van der Waals surface area contributed by atoms with Gasteiger partial charge in [0.1, 0.15) is 23.0 Å². The number of methoxy groups -OCH3 is 2. The van der Waals surface area contributed by atoms with Gasteiger partial charge in [0.2, 0.25) is 5.95 Å². The summed E-state index contributed by atoms with van der Waals surface area (Å²) in [5, 5.41) is 14.9. The number of amides is 1. The van der Waals surface area contributed by atoms with Crippen molar-refractivity contribution in [1.82, 2.24) is 24.6 Å². The SMILES string of the molecule is COc1cc(OC)cc(-c2nn(C3CCN(C(=O)O)C3)c3nc(N4CCC4)nc(N)c23)c1. The summed E-state index contributed by atoms with van der Waals surface area (Å²) < 4.78 is 12.7. The minimum Gasteiger partial charge on any atom is -0.497 e. The van der Waals surface area contributed by atoms with Crippen molar-refractivity contribution in [3.8, 4) is 22.8 Å². The number of rotatable bonds is 5. The fraction of sp³-hybridized carbons (Fsp3) is 0.429. The summed E-state index contributed by atoms with van der Waals surface area (Å²) >= 11 is 0. The van der Waals surface area contributed by atoms with Crippen LogP contribution in [0.5, 0.6) is 11.5 Å². The maximum Gasteiger partial charge on any atom is 0.407 e. The van der Waals surface area contributed by atoms with Gasteiger partial charge < -0.3 is 30.1 Å². The van der Waals surface area contributed by atoms with Crippen LogP contribution in [0.25, 0.3) is 22.3 Å². The molecular weight excluding hydrogens is 414 g/mol. The van der Waals surface area contributed by atoms with Gasteiger partial charge >= 0.3 is 6.09 Å². The Kier molecular flexibility index (Phi) is 4.87. The number of nitrogens with zero attached hydrogens (tertiary/aromatic N) is 6. The summed E-state index contributed by atoms with van der Waals surface area (Å²) in [6.07, 6.45) is 0.801. The van der Waals surface area contributed by atoms with Gasteiger partial charge in [-0.15, -0.1) is 0 Å². The highest BCUT2D eigenvalue weighted by molar-refractivity contribution is 5.99. The first-order valence-corrected chi connectivity index (χ1v) is 10.5. The molecule has 0 bridgehead atoms. The number of likely N-dealkylation sites (tertiary alicyclic amines) is 1. The third-order valence-corrected chi connectivity index (χ3v) is 6.11. The molecule has 2 saturated heterocycles. The molecule has 168 valence electrons. The average Bonchev–Trinajstić information content (AvgIpc) is 3.37. The van der Waals surface area contributed by atoms with E-state index in [1.807, 2.05) is 12.1 Å². The highest BCUT2D eigenvalue weighted by Crippen LogP contribution is 2.38. The molecule has 1 unspecified atom stereocenters. The van der Waals surface area contributed by atoms with E-state index in [0.29, 0.717) is 59.5 Å². The second-order valence-corrected chi connectivity index (χ2v) is 8.01. The van der Waals surface area contributed by atoms with E-state index >= 15 is 0 Å². The van der Waals surface area contributed by atoms with Gasteiger partial charge in [0.25, 0.3) is 0 Å². The van der Waals surface area contributed by atoms with E-state index in [9.17, 15) is 9.90 Å². The molecule has 3 aromatic rings. The van der Waals surface area contributed by atoms with Gasteiger partial charge in [0.15, 0.2) is 5.65 Å². The van der Waals surface area contributed by atoms with Crippen LogP contribution in [0.4, 0.5) is 16.6 Å². The number of aromatic nitrogens is 4. The number of nitrogens with two attached hydrogens (primary N) is 1. The van der Waals surface area contributed by atoms with Gasteiger partial charge in [-0.1, -0.05) is 0 Å². The van der Waals surface area contributed by atoms with E-state index in [2.05, 4.69) is 9.88 Å². The number of nitrogen functional groups attached to an aromatic ring is 1. The molecule has 2 aromatic heterocycles. The Hall–Kier alpha value is -3.76. The van der Waals surface area contributed by atoms with Crippen molar-refractivity contribution in [2.24, 2.45) is 0 Å². The van der Waals surface area contributed by atoms with E-state index in [1.165, 1.54) is 4.90 Å². The zero-order chi connectivity index (χ0) is 22.4. The van der Waals surface area contributed by atoms with Crippen molar-refractivity contribution in [1.29, 1.82) is 0 Å². The molecule has 2 aliphatic rings. The third-order valence-electron chi connectivity index (χ3n) is 6.11. The molecule has 3 N–H and O–H groups in total. The highest BCUT2D eigenvalue weighted by atomic mass is 16.5. The fourth-order valence-electron chi connectivity index (χ4n) is 4.23. The first-order chi connectivity index (χ1) is 15.5. The second-order valence-electron chi connectivity index (χ2n) is 8.01. The van der Waals surface area contributed by atoms with Gasteiger partial charge in [-0.2, -0.15) is 15.1 Å². The lowest BCUT2D eigenvalue weighted by Gasteiger charge is -2.30. The normalized spacial score (nSPS) is 18.1. The van der Waals surface area contributed by atoms with Crippen molar-refractivity contribution >= 4 is 28.9 Å². The van der Waals surface area contributed by atoms with Crippen LogP contribution in [0.2, 0.25) is 0 Å². The number of hydrogen-bond donors (Lipinski definition) is 2. The quantitative estimate of drug-likeness (QED) is 0.614. The largest absolute Gasteiger partial charge is 0.497 e. The van der Waals surface area contributed by atoms with Crippen LogP contribution in [0, 0.1) is 0 Å². The molecule has 4 heterocycles. The van der Waals surface area contributed by atoms with Gasteiger partial charge in [-0.05, 0) is 25.0 Å². The van der Waals surface area contributed by atoms with Gasteiger partial charge in [-0.3, -0.25) is 0 Å². The number of ether oxygens (including phenoxy) is 2. The van der Waals surface area contributed by atoms with E-state index in [-0.39, 0.29) is 6.04 Å². The van der Waals surface area contributed by atoms with E-state index in [1.54, 1.807) is 25.0 Å². The van der Waals surface area contributed by atoms with Crippen molar-refractivity contribution in [2.75, 3.05) is 51.0 Å². The Labute approximate surface area is 184 Å². The molecule has 0 saturated carbocycles. The molecule has 11 heteroatoms. The predicted octanol–water partition coefficient (Wildman–Crippen LogP) is 2.23. The lowest BCUT2D eigenvalue weighted by atomic mass is 10.1. The molecule has 11 nitrogen and oxygen atoms in total. The van der Waals surface area contributed by atoms with Crippen molar-refractivity contribution < 1.29 is 19.4 Å². The fourth-order valence-corrected chi connectivity index (χ4v) is 4.23. The standard InChI is InChI=1S/C21H25N7O4/c1-31-14-8-12(9-15(10-14)32-2)17-16-18(22)23-20(26-5-3-6-26)24-19(16)28(25-17)13-4-7-27(11-13)21(29)30/h8-10,13H,3-7,11H2,1-2H3,(H,29,30)(H2,22,23,24). The van der Waals surface area contributed by atoms with Gasteiger partial charge in [0.05, 0.1) is 25.6 Å². The van der Waals surface area contributed by atoms with Crippen LogP contribution < -0.4 is 20.1 Å². The Morgan fingerprint density at radius 3 is 2.41 bits per heavy atom. The Morgan fingerprint density at radius 1 is 1.12 bits per heavy atom. The average molecular weight is 439 g/mol. The molecule has 1 amide bonds. The second kappa shape index (κ2) is 7.74. The summed E-state index contributed by atoms with van der Waals surface area (Å²) in [7, 11) is 3.18. The number of fused-ring (bicyclic) bond motifs is 1. The smallest absolute Gasteiger partial charge is 0.407 e. The summed E-state index contributed by atoms with van der Waals surface area (Å²) in [5.41, 5.74) is 8.41. The molecule has 0 spiro atoms. The van der Waals surface area contributed by atoms with Gasteiger partial charge in [-0.25, -0.2) is 9.48 Å². The van der Waals surface area contributed by atoms with Crippen LogP contribution in [-0.2, 0) is 0 Å². The van der Waals surface area contributed by atoms with Crippen molar-refractivity contribution in [3.63, 3.8) is 0 Å².